The van der Waals surface area contributed by atoms with Crippen LogP contribution < -0.4 is 15.4 Å². The van der Waals surface area contributed by atoms with E-state index in [1.54, 1.807) is 59.9 Å². The number of aryl methyl sites for hydroxylation is 2. The number of hydrogen-bond donors (Lipinski definition) is 2. The minimum absolute atomic E-state index is 0.000423. The lowest BCUT2D eigenvalue weighted by molar-refractivity contribution is -0.458. The molecule has 2 N–H and O–H groups in total. The first kappa shape index (κ1) is 36.0. The largest absolute Gasteiger partial charge is 0.596 e. The summed E-state index contributed by atoms with van der Waals surface area (Å²) in [7, 11) is 1.41. The molecule has 0 aliphatic carbocycles. The molecule has 256 valence electrons. The Hall–Kier alpha value is -4.85. The van der Waals surface area contributed by atoms with E-state index in [-0.39, 0.29) is 35.7 Å². The average Bonchev–Trinajstić information content (AvgIpc) is 3.00. The van der Waals surface area contributed by atoms with Gasteiger partial charge >= 0.3 is 12.3 Å². The molecule has 0 bridgehead atoms. The monoisotopic (exact) mass is 669 g/mol. The van der Waals surface area contributed by atoms with Gasteiger partial charge in [-0.05, 0) is 76.1 Å². The van der Waals surface area contributed by atoms with Crippen LogP contribution in [0.2, 0.25) is 0 Å². The molecule has 0 saturated heterocycles. The lowest BCUT2D eigenvalue weighted by Crippen LogP contribution is -2.48. The third-order valence-corrected chi connectivity index (χ3v) is 7.54. The van der Waals surface area contributed by atoms with Gasteiger partial charge in [-0.15, -0.1) is 4.58 Å². The average molecular weight is 670 g/mol. The SMILES string of the molecule is CNC(=O)c1cc(C(=O)Nc2ncccc2C)c(C)cc1OC(CN1CC[N+](C(=O)OC(C)(C)C)=C(C)C1)c1cccc(C(F)(F)F)n1. The van der Waals surface area contributed by atoms with Crippen LogP contribution in [0.15, 0.2) is 48.7 Å². The Bertz CT molecular complexity index is 1730. The number of hydrogen-bond acceptors (Lipinski definition) is 8. The van der Waals surface area contributed by atoms with Gasteiger partial charge in [0.2, 0.25) is 0 Å². The second kappa shape index (κ2) is 14.5. The summed E-state index contributed by atoms with van der Waals surface area (Å²) < 4.78 is 54.5. The van der Waals surface area contributed by atoms with Crippen LogP contribution in [0.1, 0.15) is 77.0 Å². The molecular formula is C34H40F3N6O5+. The van der Waals surface area contributed by atoms with E-state index in [0.717, 1.165) is 11.6 Å². The minimum Gasteiger partial charge on any atom is -0.482 e. The first-order valence-corrected chi connectivity index (χ1v) is 15.3. The Morgan fingerprint density at radius 3 is 2.35 bits per heavy atom. The summed E-state index contributed by atoms with van der Waals surface area (Å²) in [5.74, 6) is -0.664. The molecule has 3 amide bonds. The summed E-state index contributed by atoms with van der Waals surface area (Å²) in [4.78, 5) is 49.2. The van der Waals surface area contributed by atoms with Crippen LogP contribution in [0.3, 0.4) is 0 Å². The summed E-state index contributed by atoms with van der Waals surface area (Å²) in [5, 5.41) is 5.29. The van der Waals surface area contributed by atoms with Gasteiger partial charge in [0, 0.05) is 32.3 Å². The molecule has 3 heterocycles. The molecule has 0 saturated carbocycles. The van der Waals surface area contributed by atoms with Gasteiger partial charge in [-0.1, -0.05) is 12.1 Å². The number of carbonyl (C=O) groups is 3. The minimum atomic E-state index is -4.70. The Balaban J connectivity index is 1.70. The van der Waals surface area contributed by atoms with Crippen molar-refractivity contribution in [2.75, 3.05) is 38.5 Å². The van der Waals surface area contributed by atoms with Gasteiger partial charge in [0.25, 0.3) is 11.8 Å². The fourth-order valence-corrected chi connectivity index (χ4v) is 5.14. The van der Waals surface area contributed by atoms with Crippen molar-refractivity contribution in [3.05, 3.63) is 82.3 Å². The van der Waals surface area contributed by atoms with E-state index in [4.69, 9.17) is 9.47 Å². The van der Waals surface area contributed by atoms with Crippen molar-refractivity contribution in [1.29, 1.82) is 0 Å². The van der Waals surface area contributed by atoms with Crippen molar-refractivity contribution >= 4 is 29.4 Å². The molecule has 4 rings (SSSR count). The molecule has 1 aromatic carbocycles. The number of nitrogens with zero attached hydrogens (tertiary/aromatic N) is 4. The van der Waals surface area contributed by atoms with E-state index in [2.05, 4.69) is 20.6 Å². The highest BCUT2D eigenvalue weighted by Crippen LogP contribution is 2.32. The first-order valence-electron chi connectivity index (χ1n) is 15.3. The third-order valence-electron chi connectivity index (χ3n) is 7.54. The van der Waals surface area contributed by atoms with E-state index < -0.39 is 41.5 Å². The van der Waals surface area contributed by atoms with Crippen molar-refractivity contribution in [1.82, 2.24) is 20.2 Å². The molecule has 1 aliphatic rings. The lowest BCUT2D eigenvalue weighted by Gasteiger charge is -2.30. The van der Waals surface area contributed by atoms with E-state index in [0.29, 0.717) is 30.2 Å². The molecule has 48 heavy (non-hydrogen) atoms. The van der Waals surface area contributed by atoms with Gasteiger partial charge in [0.05, 0.1) is 24.3 Å². The van der Waals surface area contributed by atoms with Crippen LogP contribution in [-0.4, -0.2) is 81.9 Å². The van der Waals surface area contributed by atoms with Gasteiger partial charge in [0.1, 0.15) is 22.9 Å². The van der Waals surface area contributed by atoms with Crippen LogP contribution in [0.5, 0.6) is 5.75 Å². The molecule has 1 atom stereocenters. The number of halogens is 3. The zero-order valence-electron chi connectivity index (χ0n) is 28.0. The quantitative estimate of drug-likeness (QED) is 0.299. The second-order valence-electron chi connectivity index (χ2n) is 12.5. The predicted octanol–water partition coefficient (Wildman–Crippen LogP) is 5.57. The topological polar surface area (TPSA) is 126 Å². The van der Waals surface area contributed by atoms with Gasteiger partial charge in [-0.3, -0.25) is 14.5 Å². The zero-order chi connectivity index (χ0) is 35.4. The predicted molar refractivity (Wildman–Crippen MR) is 173 cm³/mol. The van der Waals surface area contributed by atoms with Crippen molar-refractivity contribution < 1.29 is 41.6 Å². The highest BCUT2D eigenvalue weighted by Gasteiger charge is 2.36. The summed E-state index contributed by atoms with van der Waals surface area (Å²) in [5.41, 5.74) is 0.281. The number of rotatable bonds is 8. The molecule has 0 spiro atoms. The van der Waals surface area contributed by atoms with Crippen molar-refractivity contribution in [3.8, 4) is 5.75 Å². The van der Waals surface area contributed by atoms with Crippen molar-refractivity contribution in [2.24, 2.45) is 0 Å². The van der Waals surface area contributed by atoms with E-state index in [1.165, 1.54) is 35.9 Å². The van der Waals surface area contributed by atoms with Crippen LogP contribution in [0.25, 0.3) is 0 Å². The highest BCUT2D eigenvalue weighted by molar-refractivity contribution is 6.07. The Kier molecular flexibility index (Phi) is 10.9. The number of anilines is 1. The van der Waals surface area contributed by atoms with Crippen LogP contribution in [0, 0.1) is 13.8 Å². The number of benzene rings is 1. The number of pyridine rings is 2. The number of aromatic nitrogens is 2. The lowest BCUT2D eigenvalue weighted by atomic mass is 10.0. The Morgan fingerprint density at radius 1 is 1.00 bits per heavy atom. The van der Waals surface area contributed by atoms with E-state index >= 15 is 0 Å². The molecule has 1 aliphatic heterocycles. The third kappa shape index (κ3) is 8.94. The Labute approximate surface area is 277 Å². The van der Waals surface area contributed by atoms with Crippen LogP contribution >= 0.6 is 0 Å². The highest BCUT2D eigenvalue weighted by atomic mass is 19.4. The Morgan fingerprint density at radius 2 is 1.73 bits per heavy atom. The number of nitrogens with one attached hydrogen (secondary N) is 2. The van der Waals surface area contributed by atoms with Crippen molar-refractivity contribution in [3.63, 3.8) is 0 Å². The summed E-state index contributed by atoms with van der Waals surface area (Å²) in [6.45, 7) is 11.6. The number of ether oxygens (including phenoxy) is 2. The fraction of sp³-hybridized carbons (Fsp3) is 0.412. The van der Waals surface area contributed by atoms with E-state index in [9.17, 15) is 27.6 Å². The maximum Gasteiger partial charge on any atom is 0.596 e. The molecule has 0 radical (unpaired) electrons. The normalized spacial score (nSPS) is 14.7. The van der Waals surface area contributed by atoms with Crippen LogP contribution in [-0.2, 0) is 10.9 Å². The number of alkyl halides is 3. The van der Waals surface area contributed by atoms with Gasteiger partial charge < -0.3 is 20.1 Å². The van der Waals surface area contributed by atoms with Gasteiger partial charge in [-0.2, -0.15) is 18.0 Å². The number of carbonyl (C=O) groups excluding carboxylic acids is 3. The first-order chi connectivity index (χ1) is 22.5. The molecule has 0 fully saturated rings. The zero-order valence-corrected chi connectivity index (χ0v) is 28.0. The molecule has 11 nitrogen and oxygen atoms in total. The summed E-state index contributed by atoms with van der Waals surface area (Å²) >= 11 is 0. The van der Waals surface area contributed by atoms with Gasteiger partial charge in [-0.25, -0.2) is 9.97 Å². The summed E-state index contributed by atoms with van der Waals surface area (Å²) in [6, 6.07) is 9.96. The van der Waals surface area contributed by atoms with E-state index in [1.807, 2.05) is 4.90 Å². The fourth-order valence-electron chi connectivity index (χ4n) is 5.14. The standard InChI is InChI=1S/C34H39F3N6O5/c1-20-10-9-13-39-29(20)41-31(45)23-17-24(30(44)38-7)26(16-21(23)2)47-27(25-11-8-12-28(40-25)34(35,36)37)19-42-14-15-43(22(3)18-42)32(46)48-33(4,5)6/h8-13,16-17,27H,14-15,18-19H2,1-7H3,(H-,38,39,41,44,45)/p+1. The molecule has 1 unspecified atom stereocenters. The number of amides is 3. The van der Waals surface area contributed by atoms with Gasteiger partial charge in [0.15, 0.2) is 18.4 Å². The van der Waals surface area contributed by atoms with Crippen LogP contribution in [0.4, 0.5) is 23.8 Å². The molecule has 2 aromatic heterocycles. The molecule has 3 aromatic rings. The smallest absolute Gasteiger partial charge is 0.482 e. The molecular weight excluding hydrogens is 629 g/mol. The molecule has 14 heteroatoms. The maximum absolute atomic E-state index is 13.7. The summed E-state index contributed by atoms with van der Waals surface area (Å²) in [6.07, 6.45) is -4.72. The van der Waals surface area contributed by atoms with Crippen molar-refractivity contribution in [2.45, 2.75) is 59.4 Å². The second-order valence-corrected chi connectivity index (χ2v) is 12.5. The maximum atomic E-state index is 13.7.